The van der Waals surface area contributed by atoms with E-state index in [1.807, 2.05) is 4.90 Å². The second kappa shape index (κ2) is 8.45. The van der Waals surface area contributed by atoms with E-state index < -0.39 is 0 Å². The van der Waals surface area contributed by atoms with Gasteiger partial charge in [0.15, 0.2) is 0 Å². The highest BCUT2D eigenvalue weighted by molar-refractivity contribution is 5.78. The number of amides is 1. The normalized spacial score (nSPS) is 17.4. The molecule has 0 radical (unpaired) electrons. The molecule has 0 saturated carbocycles. The fraction of sp³-hybridized carbons (Fsp3) is 0.923. The monoisotopic (exact) mass is 257 g/mol. The average Bonchev–Trinajstić information content (AvgIpc) is 2.34. The molecular formula is C13H27N3O2. The fourth-order valence-electron chi connectivity index (χ4n) is 2.36. The van der Waals surface area contributed by atoms with Crippen LogP contribution in [0.1, 0.15) is 12.8 Å². The van der Waals surface area contributed by atoms with Crippen LogP contribution in [0.25, 0.3) is 0 Å². The molecule has 5 nitrogen and oxygen atoms in total. The first-order valence-corrected chi connectivity index (χ1v) is 6.75. The molecule has 0 unspecified atom stereocenters. The number of methoxy groups -OCH3 is 1. The topological polar surface area (TPSA) is 44.8 Å². The SMILES string of the molecule is COCCNCC(=O)N1CCC(CN(C)C)CC1. The van der Waals surface area contributed by atoms with Gasteiger partial charge in [-0.25, -0.2) is 0 Å². The lowest BCUT2D eigenvalue weighted by Gasteiger charge is -2.33. The highest BCUT2D eigenvalue weighted by Crippen LogP contribution is 2.17. The van der Waals surface area contributed by atoms with Crippen molar-refractivity contribution in [3.8, 4) is 0 Å². The summed E-state index contributed by atoms with van der Waals surface area (Å²) < 4.78 is 4.93. The molecular weight excluding hydrogens is 230 g/mol. The summed E-state index contributed by atoms with van der Waals surface area (Å²) in [7, 11) is 5.88. The predicted molar refractivity (Wildman–Crippen MR) is 72.6 cm³/mol. The number of nitrogens with one attached hydrogen (secondary N) is 1. The zero-order chi connectivity index (χ0) is 13.4. The van der Waals surface area contributed by atoms with E-state index in [0.29, 0.717) is 13.2 Å². The minimum atomic E-state index is 0.217. The first-order chi connectivity index (χ1) is 8.63. The van der Waals surface area contributed by atoms with Crippen molar-refractivity contribution in [2.75, 3.05) is 60.5 Å². The van der Waals surface area contributed by atoms with Crippen LogP contribution < -0.4 is 5.32 Å². The van der Waals surface area contributed by atoms with E-state index in [9.17, 15) is 4.79 Å². The number of piperidine rings is 1. The van der Waals surface area contributed by atoms with Crippen LogP contribution in [0.3, 0.4) is 0 Å². The molecule has 0 aliphatic carbocycles. The summed E-state index contributed by atoms with van der Waals surface area (Å²) >= 11 is 0. The van der Waals surface area contributed by atoms with E-state index in [0.717, 1.165) is 44.9 Å². The molecule has 18 heavy (non-hydrogen) atoms. The average molecular weight is 257 g/mol. The van der Waals surface area contributed by atoms with Crippen molar-refractivity contribution in [1.82, 2.24) is 15.1 Å². The minimum Gasteiger partial charge on any atom is -0.383 e. The Kier molecular flexibility index (Phi) is 7.23. The number of likely N-dealkylation sites (tertiary alicyclic amines) is 1. The molecule has 0 aromatic carbocycles. The Hall–Kier alpha value is -0.650. The lowest BCUT2D eigenvalue weighted by Crippen LogP contribution is -2.44. The van der Waals surface area contributed by atoms with Gasteiger partial charge in [0, 0.05) is 33.3 Å². The van der Waals surface area contributed by atoms with Gasteiger partial charge in [-0.1, -0.05) is 0 Å². The second-order valence-corrected chi connectivity index (χ2v) is 5.26. The molecule has 0 spiro atoms. The number of hydrogen-bond donors (Lipinski definition) is 1. The zero-order valence-electron chi connectivity index (χ0n) is 11.9. The number of carbonyl (C=O) groups is 1. The molecule has 1 rings (SSSR count). The van der Waals surface area contributed by atoms with Gasteiger partial charge in [0.1, 0.15) is 0 Å². The lowest BCUT2D eigenvalue weighted by atomic mass is 9.96. The predicted octanol–water partition coefficient (Wildman–Crippen LogP) is 0.0226. The molecule has 0 atom stereocenters. The molecule has 5 heteroatoms. The molecule has 0 aromatic heterocycles. The highest BCUT2D eigenvalue weighted by atomic mass is 16.5. The van der Waals surface area contributed by atoms with Crippen LogP contribution in [0.2, 0.25) is 0 Å². The third-order valence-corrected chi connectivity index (χ3v) is 3.35. The first-order valence-electron chi connectivity index (χ1n) is 6.75. The molecule has 1 fully saturated rings. The molecule has 0 aromatic rings. The van der Waals surface area contributed by atoms with Crippen molar-refractivity contribution in [2.24, 2.45) is 5.92 Å². The van der Waals surface area contributed by atoms with E-state index in [2.05, 4.69) is 24.3 Å². The molecule has 1 heterocycles. The summed E-state index contributed by atoms with van der Waals surface area (Å²) in [5.41, 5.74) is 0. The van der Waals surface area contributed by atoms with Gasteiger partial charge in [0.05, 0.1) is 13.2 Å². The molecule has 1 saturated heterocycles. The van der Waals surface area contributed by atoms with Crippen LogP contribution in [0, 0.1) is 5.92 Å². The quantitative estimate of drug-likeness (QED) is 0.653. The Bertz CT molecular complexity index is 238. The second-order valence-electron chi connectivity index (χ2n) is 5.26. The van der Waals surface area contributed by atoms with Crippen molar-refractivity contribution in [3.05, 3.63) is 0 Å². The Labute approximate surface area is 110 Å². The molecule has 1 aliphatic rings. The summed E-state index contributed by atoms with van der Waals surface area (Å²) in [5.74, 6) is 0.958. The smallest absolute Gasteiger partial charge is 0.236 e. The van der Waals surface area contributed by atoms with Crippen LogP contribution in [0.5, 0.6) is 0 Å². The summed E-state index contributed by atoms with van der Waals surface area (Å²) in [6, 6.07) is 0. The molecule has 0 bridgehead atoms. The number of rotatable bonds is 7. The summed E-state index contributed by atoms with van der Waals surface area (Å²) in [4.78, 5) is 16.1. The minimum absolute atomic E-state index is 0.217. The van der Waals surface area contributed by atoms with Gasteiger partial charge >= 0.3 is 0 Å². The van der Waals surface area contributed by atoms with Crippen LogP contribution in [0.15, 0.2) is 0 Å². The van der Waals surface area contributed by atoms with Crippen molar-refractivity contribution in [1.29, 1.82) is 0 Å². The van der Waals surface area contributed by atoms with Crippen LogP contribution in [0.4, 0.5) is 0 Å². The number of ether oxygens (including phenoxy) is 1. The maximum atomic E-state index is 11.9. The van der Waals surface area contributed by atoms with Gasteiger partial charge in [-0.3, -0.25) is 4.79 Å². The number of carbonyl (C=O) groups excluding carboxylic acids is 1. The van der Waals surface area contributed by atoms with Gasteiger partial charge in [-0.15, -0.1) is 0 Å². The van der Waals surface area contributed by atoms with E-state index in [1.165, 1.54) is 0 Å². The Morgan fingerprint density at radius 2 is 2.06 bits per heavy atom. The summed E-state index contributed by atoms with van der Waals surface area (Å²) in [6.07, 6.45) is 2.25. The van der Waals surface area contributed by atoms with Gasteiger partial charge < -0.3 is 19.9 Å². The van der Waals surface area contributed by atoms with E-state index in [1.54, 1.807) is 7.11 Å². The van der Waals surface area contributed by atoms with Gasteiger partial charge in [0.25, 0.3) is 0 Å². The third kappa shape index (κ3) is 5.80. The van der Waals surface area contributed by atoms with E-state index in [4.69, 9.17) is 4.74 Å². The third-order valence-electron chi connectivity index (χ3n) is 3.35. The summed E-state index contributed by atoms with van der Waals surface area (Å²) in [6.45, 7) is 4.76. The number of nitrogens with zero attached hydrogens (tertiary/aromatic N) is 2. The van der Waals surface area contributed by atoms with Crippen LogP contribution >= 0.6 is 0 Å². The van der Waals surface area contributed by atoms with Gasteiger partial charge in [-0.2, -0.15) is 0 Å². The van der Waals surface area contributed by atoms with Crippen molar-refractivity contribution < 1.29 is 9.53 Å². The van der Waals surface area contributed by atoms with Crippen LogP contribution in [-0.4, -0.2) is 76.2 Å². The summed E-state index contributed by atoms with van der Waals surface area (Å²) in [5, 5.41) is 3.10. The van der Waals surface area contributed by atoms with Gasteiger partial charge in [0.2, 0.25) is 5.91 Å². The first kappa shape index (κ1) is 15.4. The molecule has 1 aliphatic heterocycles. The Morgan fingerprint density at radius 3 is 2.61 bits per heavy atom. The van der Waals surface area contributed by atoms with Crippen molar-refractivity contribution in [2.45, 2.75) is 12.8 Å². The Balaban J connectivity index is 2.15. The maximum absolute atomic E-state index is 11.9. The van der Waals surface area contributed by atoms with Crippen molar-refractivity contribution >= 4 is 5.91 Å². The lowest BCUT2D eigenvalue weighted by molar-refractivity contribution is -0.131. The highest BCUT2D eigenvalue weighted by Gasteiger charge is 2.22. The Morgan fingerprint density at radius 1 is 1.39 bits per heavy atom. The molecule has 1 N–H and O–H groups in total. The van der Waals surface area contributed by atoms with E-state index >= 15 is 0 Å². The van der Waals surface area contributed by atoms with E-state index in [-0.39, 0.29) is 5.91 Å². The fourth-order valence-corrected chi connectivity index (χ4v) is 2.36. The van der Waals surface area contributed by atoms with Gasteiger partial charge in [-0.05, 0) is 32.9 Å². The molecule has 1 amide bonds. The standard InChI is InChI=1S/C13H27N3O2/c1-15(2)11-12-4-7-16(8-5-12)13(17)10-14-6-9-18-3/h12,14H,4-11H2,1-3H3. The largest absolute Gasteiger partial charge is 0.383 e. The maximum Gasteiger partial charge on any atom is 0.236 e. The number of hydrogen-bond acceptors (Lipinski definition) is 4. The van der Waals surface area contributed by atoms with Crippen LogP contribution in [-0.2, 0) is 9.53 Å². The molecule has 106 valence electrons. The van der Waals surface area contributed by atoms with Crippen molar-refractivity contribution in [3.63, 3.8) is 0 Å². The zero-order valence-corrected chi connectivity index (χ0v) is 11.9.